The molecule has 1 heterocycles. The summed E-state index contributed by atoms with van der Waals surface area (Å²) in [6.45, 7) is 2.62. The highest BCUT2D eigenvalue weighted by Gasteiger charge is 2.18. The van der Waals surface area contributed by atoms with Gasteiger partial charge in [0.05, 0.1) is 0 Å². The molecule has 0 radical (unpaired) electrons. The molecular formula is C14H21N. The summed E-state index contributed by atoms with van der Waals surface area (Å²) in [4.78, 5) is 2.45. The first-order valence-corrected chi connectivity index (χ1v) is 6.07. The van der Waals surface area contributed by atoms with Crippen LogP contribution >= 0.6 is 0 Å². The van der Waals surface area contributed by atoms with Crippen LogP contribution in [0.15, 0.2) is 30.3 Å². The van der Waals surface area contributed by atoms with Crippen LogP contribution < -0.4 is 0 Å². The Bertz CT molecular complexity index is 281. The lowest BCUT2D eigenvalue weighted by molar-refractivity contribution is 0.385. The van der Waals surface area contributed by atoms with E-state index in [4.69, 9.17) is 0 Å². The molecule has 0 amide bonds. The molecule has 1 aromatic carbocycles. The van der Waals surface area contributed by atoms with E-state index < -0.39 is 0 Å². The maximum atomic E-state index is 2.45. The molecule has 1 aliphatic heterocycles. The molecule has 1 nitrogen and oxygen atoms in total. The monoisotopic (exact) mass is 203 g/mol. The summed E-state index contributed by atoms with van der Waals surface area (Å²) in [6, 6.07) is 10.8. The fraction of sp³-hybridized carbons (Fsp3) is 0.571. The molecule has 1 saturated heterocycles. The van der Waals surface area contributed by atoms with E-state index in [1.807, 2.05) is 0 Å². The van der Waals surface area contributed by atoms with Gasteiger partial charge in [-0.2, -0.15) is 0 Å². The van der Waals surface area contributed by atoms with Gasteiger partial charge in [0.15, 0.2) is 0 Å². The molecule has 1 unspecified atom stereocenters. The normalized spacial score (nSPS) is 22.1. The summed E-state index contributed by atoms with van der Waals surface area (Å²) >= 11 is 0. The highest BCUT2D eigenvalue weighted by molar-refractivity contribution is 5.14. The molecule has 0 aromatic heterocycles. The number of aryl methyl sites for hydroxylation is 1. The second kappa shape index (κ2) is 5.32. The Morgan fingerprint density at radius 2 is 2.07 bits per heavy atom. The van der Waals surface area contributed by atoms with Gasteiger partial charge in [0.25, 0.3) is 0 Å². The smallest absolute Gasteiger partial charge is 0.000709 e. The van der Waals surface area contributed by atoms with Crippen LogP contribution in [0.25, 0.3) is 0 Å². The van der Waals surface area contributed by atoms with Crippen molar-refractivity contribution in [2.24, 2.45) is 5.92 Å². The maximum absolute atomic E-state index is 2.45. The Morgan fingerprint density at radius 1 is 1.27 bits per heavy atom. The molecule has 0 N–H and O–H groups in total. The Kier molecular flexibility index (Phi) is 3.79. The van der Waals surface area contributed by atoms with Crippen molar-refractivity contribution in [3.8, 4) is 0 Å². The third-order valence-corrected chi connectivity index (χ3v) is 3.41. The Morgan fingerprint density at radius 3 is 2.73 bits per heavy atom. The SMILES string of the molecule is CN1CCC(CCCc2ccccc2)C1. The van der Waals surface area contributed by atoms with Crippen LogP contribution in [0.2, 0.25) is 0 Å². The summed E-state index contributed by atoms with van der Waals surface area (Å²) in [5.41, 5.74) is 1.49. The average molecular weight is 203 g/mol. The second-order valence-electron chi connectivity index (χ2n) is 4.79. The molecule has 2 rings (SSSR count). The van der Waals surface area contributed by atoms with E-state index >= 15 is 0 Å². The predicted octanol–water partition coefficient (Wildman–Crippen LogP) is 2.96. The number of nitrogens with zero attached hydrogens (tertiary/aromatic N) is 1. The first-order valence-electron chi connectivity index (χ1n) is 6.07. The third-order valence-electron chi connectivity index (χ3n) is 3.41. The van der Waals surface area contributed by atoms with Gasteiger partial charge >= 0.3 is 0 Å². The number of rotatable bonds is 4. The van der Waals surface area contributed by atoms with E-state index in [1.54, 1.807) is 0 Å². The number of benzene rings is 1. The van der Waals surface area contributed by atoms with E-state index in [9.17, 15) is 0 Å². The average Bonchev–Trinajstić information content (AvgIpc) is 2.66. The summed E-state index contributed by atoms with van der Waals surface area (Å²) in [7, 11) is 2.23. The first-order chi connectivity index (χ1) is 7.34. The van der Waals surface area contributed by atoms with Crippen molar-refractivity contribution in [3.05, 3.63) is 35.9 Å². The largest absolute Gasteiger partial charge is 0.306 e. The zero-order valence-electron chi connectivity index (χ0n) is 9.65. The zero-order chi connectivity index (χ0) is 10.5. The van der Waals surface area contributed by atoms with Crippen LogP contribution in [0, 0.1) is 5.92 Å². The first kappa shape index (κ1) is 10.7. The molecule has 0 spiro atoms. The second-order valence-corrected chi connectivity index (χ2v) is 4.79. The molecule has 1 aromatic rings. The lowest BCUT2D eigenvalue weighted by atomic mass is 9.99. The van der Waals surface area contributed by atoms with Crippen LogP contribution in [0.4, 0.5) is 0 Å². The van der Waals surface area contributed by atoms with E-state index in [2.05, 4.69) is 42.3 Å². The van der Waals surface area contributed by atoms with E-state index in [0.29, 0.717) is 0 Å². The molecule has 1 fully saturated rings. The minimum Gasteiger partial charge on any atom is -0.306 e. The van der Waals surface area contributed by atoms with Crippen LogP contribution in [0.1, 0.15) is 24.8 Å². The van der Waals surface area contributed by atoms with Gasteiger partial charge < -0.3 is 4.90 Å². The van der Waals surface area contributed by atoms with Crippen molar-refractivity contribution in [1.82, 2.24) is 4.90 Å². The Labute approximate surface area is 93.1 Å². The van der Waals surface area contributed by atoms with Gasteiger partial charge in [-0.1, -0.05) is 30.3 Å². The zero-order valence-corrected chi connectivity index (χ0v) is 9.65. The van der Waals surface area contributed by atoms with Crippen LogP contribution in [-0.2, 0) is 6.42 Å². The number of likely N-dealkylation sites (tertiary alicyclic amines) is 1. The van der Waals surface area contributed by atoms with E-state index in [-0.39, 0.29) is 0 Å². The number of hydrogen-bond donors (Lipinski definition) is 0. The Hall–Kier alpha value is -0.820. The minimum atomic E-state index is 0.957. The fourth-order valence-corrected chi connectivity index (χ4v) is 2.50. The van der Waals surface area contributed by atoms with Gasteiger partial charge in [0, 0.05) is 6.54 Å². The minimum absolute atomic E-state index is 0.957. The topological polar surface area (TPSA) is 3.24 Å². The van der Waals surface area contributed by atoms with Gasteiger partial charge in [0.1, 0.15) is 0 Å². The highest BCUT2D eigenvalue weighted by atomic mass is 15.1. The van der Waals surface area contributed by atoms with Crippen molar-refractivity contribution >= 4 is 0 Å². The molecule has 1 aliphatic rings. The van der Waals surface area contributed by atoms with Gasteiger partial charge in [-0.25, -0.2) is 0 Å². The predicted molar refractivity (Wildman–Crippen MR) is 65.0 cm³/mol. The number of hydrogen-bond acceptors (Lipinski definition) is 1. The van der Waals surface area contributed by atoms with Gasteiger partial charge in [-0.05, 0) is 50.8 Å². The lowest BCUT2D eigenvalue weighted by Gasteiger charge is -2.09. The van der Waals surface area contributed by atoms with Crippen LogP contribution in [0.3, 0.4) is 0 Å². The molecule has 1 heteroatoms. The highest BCUT2D eigenvalue weighted by Crippen LogP contribution is 2.20. The van der Waals surface area contributed by atoms with Crippen molar-refractivity contribution in [3.63, 3.8) is 0 Å². The van der Waals surface area contributed by atoms with Crippen molar-refractivity contribution in [2.75, 3.05) is 20.1 Å². The molecule has 1 atom stereocenters. The summed E-state index contributed by atoms with van der Waals surface area (Å²) in [6.07, 6.45) is 5.41. The van der Waals surface area contributed by atoms with Crippen molar-refractivity contribution < 1.29 is 0 Å². The molecule has 0 aliphatic carbocycles. The van der Waals surface area contributed by atoms with Gasteiger partial charge in [0.2, 0.25) is 0 Å². The molecule has 0 bridgehead atoms. The van der Waals surface area contributed by atoms with E-state index in [0.717, 1.165) is 5.92 Å². The van der Waals surface area contributed by atoms with Crippen molar-refractivity contribution in [1.29, 1.82) is 0 Å². The molecule has 82 valence electrons. The van der Waals surface area contributed by atoms with Gasteiger partial charge in [-0.3, -0.25) is 0 Å². The molecule has 0 saturated carbocycles. The van der Waals surface area contributed by atoms with Crippen LogP contribution in [0.5, 0.6) is 0 Å². The van der Waals surface area contributed by atoms with E-state index in [1.165, 1.54) is 44.3 Å². The van der Waals surface area contributed by atoms with Crippen LogP contribution in [-0.4, -0.2) is 25.0 Å². The third kappa shape index (κ3) is 3.35. The summed E-state index contributed by atoms with van der Waals surface area (Å²) < 4.78 is 0. The van der Waals surface area contributed by atoms with Crippen molar-refractivity contribution in [2.45, 2.75) is 25.7 Å². The quantitative estimate of drug-likeness (QED) is 0.727. The molecule has 15 heavy (non-hydrogen) atoms. The standard InChI is InChI=1S/C14H21N/c1-15-11-10-14(12-15)9-5-8-13-6-3-2-4-7-13/h2-4,6-7,14H,5,8-12H2,1H3. The summed E-state index contributed by atoms with van der Waals surface area (Å²) in [5.74, 6) is 0.957. The Balaban J connectivity index is 1.67. The molecular weight excluding hydrogens is 182 g/mol. The lowest BCUT2D eigenvalue weighted by Crippen LogP contribution is -2.13. The maximum Gasteiger partial charge on any atom is 0.000709 e. The summed E-state index contributed by atoms with van der Waals surface area (Å²) in [5, 5.41) is 0. The van der Waals surface area contributed by atoms with Gasteiger partial charge in [-0.15, -0.1) is 0 Å². The fourth-order valence-electron chi connectivity index (χ4n) is 2.50.